The van der Waals surface area contributed by atoms with E-state index in [1.165, 1.54) is 38.6 Å². The maximum absolute atomic E-state index is 2.59. The molecular weight excluding hydrogens is 170 g/mol. The van der Waals surface area contributed by atoms with Crippen LogP contribution in [-0.2, 0) is 0 Å². The number of rotatable bonds is 4. The van der Waals surface area contributed by atoms with E-state index >= 15 is 0 Å². The van der Waals surface area contributed by atoms with E-state index in [-0.39, 0.29) is 0 Å². The molecule has 1 aliphatic rings. The van der Waals surface area contributed by atoms with E-state index in [0.717, 1.165) is 17.9 Å². The molecule has 1 heteroatoms. The van der Waals surface area contributed by atoms with Crippen LogP contribution in [0.2, 0.25) is 0 Å². The Kier molecular flexibility index (Phi) is 4.94. The standard InChI is InChI=1S/C13H27N/c1-11(2)9-10-14(4)13-7-5-12(3)6-8-13/h11-13H,5-10H2,1-4H3. The molecule has 0 spiro atoms. The van der Waals surface area contributed by atoms with Crippen LogP contribution in [0, 0.1) is 11.8 Å². The van der Waals surface area contributed by atoms with Crippen molar-refractivity contribution in [1.82, 2.24) is 4.90 Å². The molecule has 0 aromatic carbocycles. The molecule has 0 unspecified atom stereocenters. The fourth-order valence-corrected chi connectivity index (χ4v) is 2.33. The lowest BCUT2D eigenvalue weighted by atomic mass is 9.86. The normalized spacial score (nSPS) is 28.7. The minimum Gasteiger partial charge on any atom is -0.303 e. The highest BCUT2D eigenvalue weighted by atomic mass is 15.1. The van der Waals surface area contributed by atoms with E-state index in [2.05, 4.69) is 32.7 Å². The highest BCUT2D eigenvalue weighted by molar-refractivity contribution is 4.76. The molecular formula is C13H27N. The summed E-state index contributed by atoms with van der Waals surface area (Å²) in [5.74, 6) is 1.82. The summed E-state index contributed by atoms with van der Waals surface area (Å²) in [7, 11) is 2.31. The molecule has 1 nitrogen and oxygen atoms in total. The van der Waals surface area contributed by atoms with Crippen molar-refractivity contribution in [3.8, 4) is 0 Å². The molecule has 0 aromatic rings. The van der Waals surface area contributed by atoms with Gasteiger partial charge in [0.1, 0.15) is 0 Å². The van der Waals surface area contributed by atoms with Crippen molar-refractivity contribution in [2.45, 2.75) is 58.9 Å². The van der Waals surface area contributed by atoms with Gasteiger partial charge in [-0.2, -0.15) is 0 Å². The van der Waals surface area contributed by atoms with Crippen LogP contribution in [0.25, 0.3) is 0 Å². The first kappa shape index (κ1) is 12.0. The first-order chi connectivity index (χ1) is 6.59. The van der Waals surface area contributed by atoms with Crippen LogP contribution >= 0.6 is 0 Å². The second-order valence-electron chi connectivity index (χ2n) is 5.58. The minimum atomic E-state index is 0.847. The molecule has 0 amide bonds. The summed E-state index contributed by atoms with van der Waals surface area (Å²) < 4.78 is 0. The Morgan fingerprint density at radius 1 is 1.14 bits per heavy atom. The van der Waals surface area contributed by atoms with Crippen LogP contribution in [0.15, 0.2) is 0 Å². The van der Waals surface area contributed by atoms with E-state index in [4.69, 9.17) is 0 Å². The summed E-state index contributed by atoms with van der Waals surface area (Å²) in [6.07, 6.45) is 7.08. The van der Waals surface area contributed by atoms with Crippen molar-refractivity contribution < 1.29 is 0 Å². The number of hydrogen-bond acceptors (Lipinski definition) is 1. The van der Waals surface area contributed by atoms with Gasteiger partial charge in [-0.3, -0.25) is 0 Å². The zero-order valence-electron chi connectivity index (χ0n) is 10.4. The first-order valence-corrected chi connectivity index (χ1v) is 6.29. The van der Waals surface area contributed by atoms with Gasteiger partial charge in [-0.1, -0.05) is 20.8 Å². The highest BCUT2D eigenvalue weighted by Crippen LogP contribution is 2.26. The molecule has 0 bridgehead atoms. The summed E-state index contributed by atoms with van der Waals surface area (Å²) >= 11 is 0. The molecule has 1 fully saturated rings. The van der Waals surface area contributed by atoms with Gasteiger partial charge in [-0.15, -0.1) is 0 Å². The van der Waals surface area contributed by atoms with Crippen molar-refractivity contribution in [2.75, 3.05) is 13.6 Å². The van der Waals surface area contributed by atoms with Crippen LogP contribution < -0.4 is 0 Å². The predicted octanol–water partition coefficient (Wildman–Crippen LogP) is 3.54. The second kappa shape index (κ2) is 5.75. The Bertz CT molecular complexity index is 145. The van der Waals surface area contributed by atoms with E-state index in [1.54, 1.807) is 0 Å². The van der Waals surface area contributed by atoms with Crippen molar-refractivity contribution in [1.29, 1.82) is 0 Å². The van der Waals surface area contributed by atoms with E-state index in [1.807, 2.05) is 0 Å². The maximum Gasteiger partial charge on any atom is 0.00924 e. The first-order valence-electron chi connectivity index (χ1n) is 6.29. The largest absolute Gasteiger partial charge is 0.303 e. The fourth-order valence-electron chi connectivity index (χ4n) is 2.33. The van der Waals surface area contributed by atoms with Gasteiger partial charge in [-0.05, 0) is 57.5 Å². The zero-order chi connectivity index (χ0) is 10.6. The van der Waals surface area contributed by atoms with Crippen molar-refractivity contribution in [2.24, 2.45) is 11.8 Å². The van der Waals surface area contributed by atoms with Gasteiger partial charge in [0, 0.05) is 6.04 Å². The molecule has 0 atom stereocenters. The maximum atomic E-state index is 2.59. The van der Waals surface area contributed by atoms with Gasteiger partial charge in [0.2, 0.25) is 0 Å². The highest BCUT2D eigenvalue weighted by Gasteiger charge is 2.21. The Hall–Kier alpha value is -0.0400. The average Bonchev–Trinajstić information content (AvgIpc) is 2.15. The van der Waals surface area contributed by atoms with Crippen LogP contribution in [-0.4, -0.2) is 24.5 Å². The third kappa shape index (κ3) is 4.00. The Balaban J connectivity index is 2.20. The Morgan fingerprint density at radius 3 is 2.21 bits per heavy atom. The molecule has 0 aromatic heterocycles. The number of nitrogens with zero attached hydrogens (tertiary/aromatic N) is 1. The van der Waals surface area contributed by atoms with E-state index < -0.39 is 0 Å². The fraction of sp³-hybridized carbons (Fsp3) is 1.00. The topological polar surface area (TPSA) is 3.24 Å². The van der Waals surface area contributed by atoms with Gasteiger partial charge >= 0.3 is 0 Å². The molecule has 0 N–H and O–H groups in total. The summed E-state index contributed by atoms with van der Waals surface area (Å²) in [4.78, 5) is 2.59. The van der Waals surface area contributed by atoms with Gasteiger partial charge in [0.25, 0.3) is 0 Å². The minimum absolute atomic E-state index is 0.847. The second-order valence-corrected chi connectivity index (χ2v) is 5.58. The zero-order valence-corrected chi connectivity index (χ0v) is 10.4. The molecule has 0 aliphatic heterocycles. The van der Waals surface area contributed by atoms with Crippen LogP contribution in [0.4, 0.5) is 0 Å². The van der Waals surface area contributed by atoms with Crippen LogP contribution in [0.3, 0.4) is 0 Å². The quantitative estimate of drug-likeness (QED) is 0.666. The van der Waals surface area contributed by atoms with Gasteiger partial charge in [0.05, 0.1) is 0 Å². The molecule has 14 heavy (non-hydrogen) atoms. The Morgan fingerprint density at radius 2 is 1.71 bits per heavy atom. The lowest BCUT2D eigenvalue weighted by molar-refractivity contribution is 0.164. The van der Waals surface area contributed by atoms with Crippen LogP contribution in [0.1, 0.15) is 52.9 Å². The summed E-state index contributed by atoms with van der Waals surface area (Å²) in [6.45, 7) is 8.31. The lowest BCUT2D eigenvalue weighted by Crippen LogP contribution is -2.35. The van der Waals surface area contributed by atoms with Gasteiger partial charge in [-0.25, -0.2) is 0 Å². The monoisotopic (exact) mass is 197 g/mol. The molecule has 0 heterocycles. The van der Waals surface area contributed by atoms with Crippen molar-refractivity contribution >= 4 is 0 Å². The van der Waals surface area contributed by atoms with Crippen LogP contribution in [0.5, 0.6) is 0 Å². The third-order valence-electron chi connectivity index (χ3n) is 3.67. The lowest BCUT2D eigenvalue weighted by Gasteiger charge is -2.33. The van der Waals surface area contributed by atoms with Crippen molar-refractivity contribution in [3.05, 3.63) is 0 Å². The molecule has 1 saturated carbocycles. The van der Waals surface area contributed by atoms with Gasteiger partial charge < -0.3 is 4.90 Å². The smallest absolute Gasteiger partial charge is 0.00924 e. The van der Waals surface area contributed by atoms with Crippen molar-refractivity contribution in [3.63, 3.8) is 0 Å². The SMILES string of the molecule is CC(C)CCN(C)C1CCC(C)CC1. The molecule has 1 aliphatic carbocycles. The molecule has 0 radical (unpaired) electrons. The molecule has 84 valence electrons. The third-order valence-corrected chi connectivity index (χ3v) is 3.67. The van der Waals surface area contributed by atoms with E-state index in [9.17, 15) is 0 Å². The average molecular weight is 197 g/mol. The summed E-state index contributed by atoms with van der Waals surface area (Å²) in [6, 6.07) is 0.880. The summed E-state index contributed by atoms with van der Waals surface area (Å²) in [5, 5.41) is 0. The van der Waals surface area contributed by atoms with Gasteiger partial charge in [0.15, 0.2) is 0 Å². The molecule has 1 rings (SSSR count). The Labute approximate surface area is 89.9 Å². The predicted molar refractivity (Wildman–Crippen MR) is 63.5 cm³/mol. The summed E-state index contributed by atoms with van der Waals surface area (Å²) in [5.41, 5.74) is 0. The van der Waals surface area contributed by atoms with E-state index in [0.29, 0.717) is 0 Å². The molecule has 0 saturated heterocycles. The number of hydrogen-bond donors (Lipinski definition) is 0.